The highest BCUT2D eigenvalue weighted by atomic mass is 19.4. The molecule has 0 aliphatic carbocycles. The van der Waals surface area contributed by atoms with Crippen molar-refractivity contribution < 1.29 is 27.1 Å². The van der Waals surface area contributed by atoms with Gasteiger partial charge in [-0.1, -0.05) is 0 Å². The number of alkyl halides is 3. The molecule has 2 heterocycles. The average molecular weight is 375 g/mol. The molecule has 2 rings (SSSR count). The molecule has 0 unspecified atom stereocenters. The molecule has 3 N–H and O–H groups in total. The van der Waals surface area contributed by atoms with Gasteiger partial charge in [0.1, 0.15) is 18.4 Å². The standard InChI is InChI=1S/C15H17F4N5O2/c1-8(14(25)22-7-15(17,18)19)23-13-10(16)6-21-12(24-13)9-3-4-11(26-2)20-5-9/h3-5,8,23H,6-7H2,1-2H3,(H,21,24)(H,22,25)/t8-/m1/s1. The predicted octanol–water partition coefficient (Wildman–Crippen LogP) is 1.24. The van der Waals surface area contributed by atoms with Gasteiger partial charge in [0, 0.05) is 17.8 Å². The molecule has 0 saturated heterocycles. The summed E-state index contributed by atoms with van der Waals surface area (Å²) >= 11 is 0. The average Bonchev–Trinajstić information content (AvgIpc) is 2.61. The molecule has 1 aromatic rings. The molecule has 1 aliphatic rings. The van der Waals surface area contributed by atoms with Crippen molar-refractivity contribution in [3.8, 4) is 5.88 Å². The molecule has 0 saturated carbocycles. The lowest BCUT2D eigenvalue weighted by molar-refractivity contribution is -0.139. The van der Waals surface area contributed by atoms with Crippen molar-refractivity contribution in [3.05, 3.63) is 35.5 Å². The Labute approximate surface area is 146 Å². The second-order valence-corrected chi connectivity index (χ2v) is 5.36. The highest BCUT2D eigenvalue weighted by Gasteiger charge is 2.29. The summed E-state index contributed by atoms with van der Waals surface area (Å²) in [6.45, 7) is -0.352. The molecular formula is C15H17F4N5O2. The number of nitrogens with zero attached hydrogens (tertiary/aromatic N) is 2. The van der Waals surface area contributed by atoms with E-state index < -0.39 is 30.5 Å². The Morgan fingerprint density at radius 2 is 2.15 bits per heavy atom. The number of amidine groups is 1. The zero-order valence-corrected chi connectivity index (χ0v) is 13.9. The van der Waals surface area contributed by atoms with Crippen LogP contribution in [0.3, 0.4) is 0 Å². The number of rotatable bonds is 6. The molecular weight excluding hydrogens is 358 g/mol. The monoisotopic (exact) mass is 375 g/mol. The first kappa shape index (κ1) is 19.5. The zero-order chi connectivity index (χ0) is 19.3. The fraction of sp³-hybridized carbons (Fsp3) is 0.400. The first-order chi connectivity index (χ1) is 12.2. The van der Waals surface area contributed by atoms with Crippen molar-refractivity contribution in [3.63, 3.8) is 0 Å². The fourth-order valence-electron chi connectivity index (χ4n) is 1.99. The van der Waals surface area contributed by atoms with E-state index in [1.807, 2.05) is 0 Å². The molecule has 7 nitrogen and oxygen atoms in total. The Hall–Kier alpha value is -2.85. The van der Waals surface area contributed by atoms with Crippen LogP contribution in [-0.2, 0) is 4.79 Å². The fourth-order valence-corrected chi connectivity index (χ4v) is 1.99. The first-order valence-corrected chi connectivity index (χ1v) is 7.52. The molecule has 0 fully saturated rings. The third-order valence-electron chi connectivity index (χ3n) is 3.32. The molecule has 26 heavy (non-hydrogen) atoms. The summed E-state index contributed by atoms with van der Waals surface area (Å²) in [5.74, 6) is -1.15. The maximum Gasteiger partial charge on any atom is 0.405 e. The minimum Gasteiger partial charge on any atom is -0.481 e. The van der Waals surface area contributed by atoms with Crippen molar-refractivity contribution in [2.75, 3.05) is 20.2 Å². The van der Waals surface area contributed by atoms with Crippen molar-refractivity contribution in [1.82, 2.24) is 20.9 Å². The van der Waals surface area contributed by atoms with E-state index in [9.17, 15) is 22.4 Å². The molecule has 142 valence electrons. The van der Waals surface area contributed by atoms with E-state index in [1.165, 1.54) is 20.2 Å². The van der Waals surface area contributed by atoms with Crippen LogP contribution >= 0.6 is 0 Å². The van der Waals surface area contributed by atoms with Gasteiger partial charge in [-0.05, 0) is 13.0 Å². The summed E-state index contributed by atoms with van der Waals surface area (Å²) in [5, 5.41) is 6.95. The maximum absolute atomic E-state index is 14.0. The molecule has 1 atom stereocenters. The minimum absolute atomic E-state index is 0.190. The Kier molecular flexibility index (Phi) is 6.01. The number of amides is 1. The number of methoxy groups -OCH3 is 1. The maximum atomic E-state index is 14.0. The summed E-state index contributed by atoms with van der Waals surface area (Å²) in [6.07, 6.45) is -3.06. The minimum atomic E-state index is -4.53. The Balaban J connectivity index is 2.07. The lowest BCUT2D eigenvalue weighted by Crippen LogP contribution is -2.46. The summed E-state index contributed by atoms with van der Waals surface area (Å²) in [4.78, 5) is 19.7. The number of hydrogen-bond donors (Lipinski definition) is 3. The van der Waals surface area contributed by atoms with E-state index in [4.69, 9.17) is 4.74 Å². The van der Waals surface area contributed by atoms with Crippen LogP contribution in [0.15, 0.2) is 35.0 Å². The van der Waals surface area contributed by atoms with Gasteiger partial charge >= 0.3 is 6.18 Å². The number of halogens is 4. The van der Waals surface area contributed by atoms with Crippen molar-refractivity contribution in [1.29, 1.82) is 0 Å². The highest BCUT2D eigenvalue weighted by molar-refractivity contribution is 5.99. The van der Waals surface area contributed by atoms with Crippen LogP contribution in [0.1, 0.15) is 12.5 Å². The second kappa shape index (κ2) is 8.02. The first-order valence-electron chi connectivity index (χ1n) is 7.52. The predicted molar refractivity (Wildman–Crippen MR) is 85.1 cm³/mol. The number of ether oxygens (including phenoxy) is 1. The largest absolute Gasteiger partial charge is 0.481 e. The van der Waals surface area contributed by atoms with E-state index in [0.717, 1.165) is 0 Å². The van der Waals surface area contributed by atoms with Crippen molar-refractivity contribution in [2.24, 2.45) is 4.99 Å². The number of carbonyl (C=O) groups is 1. The van der Waals surface area contributed by atoms with E-state index in [0.29, 0.717) is 17.3 Å². The van der Waals surface area contributed by atoms with Crippen LogP contribution in [0.25, 0.3) is 0 Å². The van der Waals surface area contributed by atoms with E-state index >= 15 is 0 Å². The molecule has 11 heteroatoms. The van der Waals surface area contributed by atoms with Crippen LogP contribution in [0.4, 0.5) is 17.6 Å². The van der Waals surface area contributed by atoms with E-state index in [-0.39, 0.29) is 12.4 Å². The molecule has 0 radical (unpaired) electrons. The van der Waals surface area contributed by atoms with Gasteiger partial charge in [0.25, 0.3) is 0 Å². The van der Waals surface area contributed by atoms with Gasteiger partial charge in [0.15, 0.2) is 11.6 Å². The number of pyridine rings is 1. The smallest absolute Gasteiger partial charge is 0.405 e. The number of aliphatic imine (C=N–C) groups is 1. The Morgan fingerprint density at radius 1 is 1.42 bits per heavy atom. The second-order valence-electron chi connectivity index (χ2n) is 5.36. The zero-order valence-electron chi connectivity index (χ0n) is 13.9. The summed E-state index contributed by atoms with van der Waals surface area (Å²) in [7, 11) is 1.46. The van der Waals surface area contributed by atoms with E-state index in [1.54, 1.807) is 17.4 Å². The SMILES string of the molecule is COc1ccc(C2=NC(N[C@H](C)C(=O)NCC(F)(F)F)=C(F)CN2)cn1. The highest BCUT2D eigenvalue weighted by Crippen LogP contribution is 2.15. The lowest BCUT2D eigenvalue weighted by Gasteiger charge is -2.21. The lowest BCUT2D eigenvalue weighted by atomic mass is 10.2. The number of carbonyl (C=O) groups excluding carboxylic acids is 1. The molecule has 0 bridgehead atoms. The van der Waals surface area contributed by atoms with Gasteiger partial charge in [-0.25, -0.2) is 14.4 Å². The summed E-state index contributed by atoms with van der Waals surface area (Å²) in [5.41, 5.74) is 0.548. The van der Waals surface area contributed by atoms with Crippen LogP contribution < -0.4 is 20.7 Å². The number of nitrogens with one attached hydrogen (secondary N) is 3. The van der Waals surface area contributed by atoms with Crippen LogP contribution in [0.2, 0.25) is 0 Å². The number of hydrogen-bond acceptors (Lipinski definition) is 6. The number of aromatic nitrogens is 1. The Morgan fingerprint density at radius 3 is 2.73 bits per heavy atom. The van der Waals surface area contributed by atoms with Gasteiger partial charge in [0.05, 0.1) is 13.7 Å². The topological polar surface area (TPSA) is 87.6 Å². The molecule has 1 aromatic heterocycles. The van der Waals surface area contributed by atoms with Gasteiger partial charge in [-0.3, -0.25) is 4.79 Å². The van der Waals surface area contributed by atoms with Crippen molar-refractivity contribution >= 4 is 11.7 Å². The van der Waals surface area contributed by atoms with E-state index in [2.05, 4.69) is 20.6 Å². The molecule has 0 spiro atoms. The normalized spacial score (nSPS) is 15.7. The third-order valence-corrected chi connectivity index (χ3v) is 3.32. The Bertz CT molecular complexity index is 716. The van der Waals surface area contributed by atoms with Crippen molar-refractivity contribution in [2.45, 2.75) is 19.1 Å². The van der Waals surface area contributed by atoms with Crippen LogP contribution in [0.5, 0.6) is 5.88 Å². The van der Waals surface area contributed by atoms with Gasteiger partial charge in [-0.15, -0.1) is 0 Å². The summed E-state index contributed by atoms with van der Waals surface area (Å²) in [6, 6.07) is 2.13. The molecule has 1 aliphatic heterocycles. The molecule has 1 amide bonds. The van der Waals surface area contributed by atoms with Crippen LogP contribution in [0, 0.1) is 0 Å². The summed E-state index contributed by atoms with van der Waals surface area (Å²) < 4.78 is 55.3. The quantitative estimate of drug-likeness (QED) is 0.651. The van der Waals surface area contributed by atoms with Crippen LogP contribution in [-0.4, -0.2) is 49.1 Å². The third kappa shape index (κ3) is 5.33. The molecule has 0 aromatic carbocycles. The van der Waals surface area contributed by atoms with Gasteiger partial charge in [-0.2, -0.15) is 13.2 Å². The van der Waals surface area contributed by atoms with Gasteiger partial charge in [0.2, 0.25) is 11.8 Å². The van der Waals surface area contributed by atoms with Gasteiger partial charge < -0.3 is 20.7 Å².